The van der Waals surface area contributed by atoms with E-state index in [0.29, 0.717) is 5.41 Å². The van der Waals surface area contributed by atoms with E-state index in [1.807, 2.05) is 20.7 Å². The molecule has 0 aliphatic rings. The van der Waals surface area contributed by atoms with E-state index in [9.17, 15) is 0 Å². The van der Waals surface area contributed by atoms with Crippen LogP contribution in [0.5, 0.6) is 0 Å². The largest absolute Gasteiger partial charge is 0.296 e. The van der Waals surface area contributed by atoms with Crippen LogP contribution in [-0.2, 0) is 5.41 Å². The van der Waals surface area contributed by atoms with E-state index >= 15 is 0 Å². The Kier molecular flexibility index (Phi) is 2.35. The monoisotopic (exact) mass is 187 g/mol. The molecule has 1 aromatic heterocycles. The summed E-state index contributed by atoms with van der Waals surface area (Å²) in [5.41, 5.74) is 1.83. The van der Waals surface area contributed by atoms with Crippen LogP contribution in [0.3, 0.4) is 0 Å². The predicted molar refractivity (Wildman–Crippen MR) is 54.8 cm³/mol. The molecular weight excluding hydrogens is 172 g/mol. The first-order valence-corrected chi connectivity index (χ1v) is 5.97. The predicted octanol–water partition coefficient (Wildman–Crippen LogP) is 4.01. The van der Waals surface area contributed by atoms with Gasteiger partial charge in [0.05, 0.1) is 4.88 Å². The zero-order valence-electron chi connectivity index (χ0n) is 7.82. The summed E-state index contributed by atoms with van der Waals surface area (Å²) < 4.78 is 0. The Morgan fingerprint density at radius 2 is 1.73 bits per heavy atom. The second-order valence-electron chi connectivity index (χ2n) is 3.93. The standard InChI is InChI=1S/C9H15S2/c1-6-7(2)10-11-8(6)9(3,4)5/h1-5H3/q+1. The van der Waals surface area contributed by atoms with Gasteiger partial charge in [-0.3, -0.25) is 0 Å². The summed E-state index contributed by atoms with van der Waals surface area (Å²) in [4.78, 5) is 3.01. The van der Waals surface area contributed by atoms with Gasteiger partial charge in [-0.15, -0.1) is 0 Å². The van der Waals surface area contributed by atoms with Gasteiger partial charge < -0.3 is 0 Å². The minimum Gasteiger partial charge on any atom is -0.0511 e. The summed E-state index contributed by atoms with van der Waals surface area (Å²) >= 11 is 0. The maximum Gasteiger partial charge on any atom is 0.296 e. The fraction of sp³-hybridized carbons (Fsp3) is 0.667. The summed E-state index contributed by atoms with van der Waals surface area (Å²) in [7, 11) is 3.82. The third-order valence-corrected chi connectivity index (χ3v) is 5.02. The third kappa shape index (κ3) is 1.79. The van der Waals surface area contributed by atoms with Crippen molar-refractivity contribution in [2.45, 2.75) is 40.0 Å². The fourth-order valence-corrected chi connectivity index (χ4v) is 4.23. The van der Waals surface area contributed by atoms with Crippen molar-refractivity contribution in [3.63, 3.8) is 0 Å². The van der Waals surface area contributed by atoms with Crippen LogP contribution in [0.2, 0.25) is 0 Å². The maximum absolute atomic E-state index is 2.28. The first kappa shape index (κ1) is 9.14. The van der Waals surface area contributed by atoms with Crippen molar-refractivity contribution in [2.75, 3.05) is 0 Å². The molecule has 1 rings (SSSR count). The molecule has 1 aromatic rings. The van der Waals surface area contributed by atoms with Crippen LogP contribution in [-0.4, -0.2) is 0 Å². The van der Waals surface area contributed by atoms with Gasteiger partial charge in [-0.05, 0) is 13.8 Å². The lowest BCUT2D eigenvalue weighted by Crippen LogP contribution is -2.10. The summed E-state index contributed by atoms with van der Waals surface area (Å²) in [5, 5.41) is 0. The van der Waals surface area contributed by atoms with Gasteiger partial charge in [-0.1, -0.05) is 20.8 Å². The Morgan fingerprint density at radius 3 is 1.91 bits per heavy atom. The molecule has 0 aliphatic heterocycles. The third-order valence-electron chi connectivity index (χ3n) is 1.80. The van der Waals surface area contributed by atoms with Crippen molar-refractivity contribution in [1.82, 2.24) is 0 Å². The lowest BCUT2D eigenvalue weighted by Gasteiger charge is -2.09. The molecule has 0 amide bonds. The second-order valence-corrected chi connectivity index (χ2v) is 6.28. The van der Waals surface area contributed by atoms with E-state index in [-0.39, 0.29) is 0 Å². The second kappa shape index (κ2) is 2.83. The average molecular weight is 187 g/mol. The molecule has 0 aliphatic carbocycles. The van der Waals surface area contributed by atoms with Crippen LogP contribution in [0.4, 0.5) is 0 Å². The molecule has 0 unspecified atom stereocenters. The highest BCUT2D eigenvalue weighted by Gasteiger charge is 2.29. The SMILES string of the molecule is Cc1s[s+]c(C(C)(C)C)c1C. The molecule has 62 valence electrons. The van der Waals surface area contributed by atoms with Gasteiger partial charge in [-0.2, -0.15) is 0 Å². The van der Waals surface area contributed by atoms with Crippen molar-refractivity contribution in [3.8, 4) is 0 Å². The first-order valence-electron chi connectivity index (χ1n) is 3.82. The number of hydrogen-bond acceptors (Lipinski definition) is 1. The Labute approximate surface area is 76.3 Å². The Bertz CT molecular complexity index is 253. The van der Waals surface area contributed by atoms with E-state index in [1.54, 1.807) is 4.88 Å². The highest BCUT2D eigenvalue weighted by Crippen LogP contribution is 2.36. The van der Waals surface area contributed by atoms with Crippen LogP contribution in [0.15, 0.2) is 0 Å². The van der Waals surface area contributed by atoms with Crippen molar-refractivity contribution in [1.29, 1.82) is 0 Å². The highest BCUT2D eigenvalue weighted by molar-refractivity contribution is 7.69. The van der Waals surface area contributed by atoms with Crippen LogP contribution >= 0.6 is 20.7 Å². The molecular formula is C9H15S2+. The Balaban J connectivity index is 3.15. The van der Waals surface area contributed by atoms with Crippen LogP contribution in [0.1, 0.15) is 36.1 Å². The summed E-state index contributed by atoms with van der Waals surface area (Å²) in [6, 6.07) is 0. The molecule has 0 atom stereocenters. The molecule has 0 radical (unpaired) electrons. The van der Waals surface area contributed by atoms with Gasteiger partial charge in [0.15, 0.2) is 10.3 Å². The fourth-order valence-electron chi connectivity index (χ4n) is 1.08. The van der Waals surface area contributed by atoms with E-state index in [4.69, 9.17) is 0 Å². The van der Waals surface area contributed by atoms with Crippen LogP contribution < -0.4 is 0 Å². The lowest BCUT2D eigenvalue weighted by molar-refractivity contribution is 0.600. The summed E-state index contributed by atoms with van der Waals surface area (Å²) in [5.74, 6) is 0. The van der Waals surface area contributed by atoms with Crippen LogP contribution in [0.25, 0.3) is 0 Å². The molecule has 0 saturated carbocycles. The van der Waals surface area contributed by atoms with Gasteiger partial charge in [-0.25, -0.2) is 0 Å². The molecule has 0 aromatic carbocycles. The van der Waals surface area contributed by atoms with E-state index in [2.05, 4.69) is 34.6 Å². The number of hydrogen-bond donors (Lipinski definition) is 0. The quantitative estimate of drug-likeness (QED) is 0.425. The molecule has 11 heavy (non-hydrogen) atoms. The van der Waals surface area contributed by atoms with Crippen molar-refractivity contribution < 1.29 is 0 Å². The zero-order valence-corrected chi connectivity index (χ0v) is 9.45. The van der Waals surface area contributed by atoms with E-state index < -0.39 is 0 Å². The molecule has 1 heterocycles. The minimum atomic E-state index is 0.333. The molecule has 0 fully saturated rings. The average Bonchev–Trinajstić information content (AvgIpc) is 2.11. The summed E-state index contributed by atoms with van der Waals surface area (Å²) in [6.07, 6.45) is 0. The van der Waals surface area contributed by atoms with Crippen molar-refractivity contribution >= 4 is 20.7 Å². The van der Waals surface area contributed by atoms with Crippen LogP contribution in [0, 0.1) is 13.8 Å². The highest BCUT2D eigenvalue weighted by atomic mass is 32.9. The molecule has 2 heteroatoms. The van der Waals surface area contributed by atoms with Gasteiger partial charge in [0.25, 0.3) is 10.3 Å². The lowest BCUT2D eigenvalue weighted by atomic mass is 9.92. The molecule has 0 bridgehead atoms. The minimum absolute atomic E-state index is 0.333. The number of aryl methyl sites for hydroxylation is 1. The van der Waals surface area contributed by atoms with Gasteiger partial charge in [0.2, 0.25) is 4.88 Å². The zero-order chi connectivity index (χ0) is 8.65. The van der Waals surface area contributed by atoms with Crippen molar-refractivity contribution in [2.24, 2.45) is 0 Å². The van der Waals surface area contributed by atoms with Gasteiger partial charge in [0.1, 0.15) is 0 Å². The van der Waals surface area contributed by atoms with Gasteiger partial charge in [0, 0.05) is 11.0 Å². The Morgan fingerprint density at radius 1 is 1.18 bits per heavy atom. The number of rotatable bonds is 0. The molecule has 0 nitrogen and oxygen atoms in total. The van der Waals surface area contributed by atoms with Crippen molar-refractivity contribution in [3.05, 3.63) is 15.3 Å². The van der Waals surface area contributed by atoms with E-state index in [0.717, 1.165) is 0 Å². The normalized spacial score (nSPS) is 12.1. The first-order chi connectivity index (χ1) is 4.93. The smallest absolute Gasteiger partial charge is 0.0511 e. The Hall–Kier alpha value is 0.0500. The van der Waals surface area contributed by atoms with E-state index in [1.165, 1.54) is 10.4 Å². The summed E-state index contributed by atoms with van der Waals surface area (Å²) in [6.45, 7) is 11.3. The topological polar surface area (TPSA) is 0 Å². The molecule has 0 spiro atoms. The molecule has 0 saturated heterocycles. The van der Waals surface area contributed by atoms with Gasteiger partial charge >= 0.3 is 0 Å². The maximum atomic E-state index is 2.28. The molecule has 0 N–H and O–H groups in total.